The van der Waals surface area contributed by atoms with E-state index in [9.17, 15) is 4.79 Å². The molecule has 2 N–H and O–H groups in total. The number of carbonyl (C=O) groups is 1. The van der Waals surface area contributed by atoms with Gasteiger partial charge < -0.3 is 10.6 Å². The van der Waals surface area contributed by atoms with Gasteiger partial charge in [0.05, 0.1) is 0 Å². The summed E-state index contributed by atoms with van der Waals surface area (Å²) in [5, 5.41) is 0. The predicted molar refractivity (Wildman–Crippen MR) is 83.2 cm³/mol. The maximum atomic E-state index is 11.3. The number of amides is 1. The van der Waals surface area contributed by atoms with Crippen LogP contribution in [0.25, 0.3) is 0 Å². The molecule has 0 aliphatic heterocycles. The van der Waals surface area contributed by atoms with E-state index in [0.717, 1.165) is 12.2 Å². The molecule has 0 saturated heterocycles. The standard InChI is InChI=1S/C16H17ClN2O/c17-9-10-19(12-13-5-2-1-3-6-13)15-8-4-7-14(11-15)16(18)20/h1-8,11H,9-10,12H2,(H2,18,20). The number of halogens is 1. The number of carbonyl (C=O) groups excluding carboxylic acids is 1. The van der Waals surface area contributed by atoms with Gasteiger partial charge >= 0.3 is 0 Å². The van der Waals surface area contributed by atoms with E-state index < -0.39 is 5.91 Å². The zero-order chi connectivity index (χ0) is 14.4. The van der Waals surface area contributed by atoms with Crippen molar-refractivity contribution < 1.29 is 4.79 Å². The molecule has 0 heterocycles. The Morgan fingerprint density at radius 3 is 2.50 bits per heavy atom. The number of anilines is 1. The fourth-order valence-electron chi connectivity index (χ4n) is 2.06. The van der Waals surface area contributed by atoms with Gasteiger partial charge in [0.25, 0.3) is 0 Å². The predicted octanol–water partition coefficient (Wildman–Crippen LogP) is 3.03. The number of hydrogen-bond donors (Lipinski definition) is 1. The van der Waals surface area contributed by atoms with Crippen LogP contribution in [0.3, 0.4) is 0 Å². The minimum atomic E-state index is -0.419. The average molecular weight is 289 g/mol. The minimum absolute atomic E-state index is 0.419. The minimum Gasteiger partial charge on any atom is -0.366 e. The molecular weight excluding hydrogens is 272 g/mol. The lowest BCUT2D eigenvalue weighted by molar-refractivity contribution is 0.100. The van der Waals surface area contributed by atoms with Crippen LogP contribution in [0.5, 0.6) is 0 Å². The van der Waals surface area contributed by atoms with E-state index in [1.165, 1.54) is 5.56 Å². The van der Waals surface area contributed by atoms with Crippen LogP contribution in [-0.2, 0) is 6.54 Å². The molecule has 4 heteroatoms. The highest BCUT2D eigenvalue weighted by Gasteiger charge is 2.09. The van der Waals surface area contributed by atoms with Crippen molar-refractivity contribution in [3.8, 4) is 0 Å². The summed E-state index contributed by atoms with van der Waals surface area (Å²) in [5.41, 5.74) is 7.98. The lowest BCUT2D eigenvalue weighted by Crippen LogP contribution is -2.25. The molecule has 2 aromatic rings. The molecule has 0 saturated carbocycles. The number of alkyl halides is 1. The highest BCUT2D eigenvalue weighted by molar-refractivity contribution is 6.18. The molecule has 0 atom stereocenters. The van der Waals surface area contributed by atoms with Gasteiger partial charge in [-0.15, -0.1) is 11.6 Å². The van der Waals surface area contributed by atoms with Crippen molar-refractivity contribution in [3.05, 3.63) is 65.7 Å². The van der Waals surface area contributed by atoms with Crippen LogP contribution in [0.4, 0.5) is 5.69 Å². The van der Waals surface area contributed by atoms with Crippen LogP contribution in [0.15, 0.2) is 54.6 Å². The smallest absolute Gasteiger partial charge is 0.248 e. The topological polar surface area (TPSA) is 46.3 Å². The maximum Gasteiger partial charge on any atom is 0.248 e. The van der Waals surface area contributed by atoms with Crippen LogP contribution in [0.1, 0.15) is 15.9 Å². The molecule has 0 aliphatic carbocycles. The van der Waals surface area contributed by atoms with Gasteiger partial charge in [-0.3, -0.25) is 4.79 Å². The van der Waals surface area contributed by atoms with E-state index in [0.29, 0.717) is 18.0 Å². The van der Waals surface area contributed by atoms with E-state index in [4.69, 9.17) is 17.3 Å². The second-order valence-electron chi connectivity index (χ2n) is 4.51. The highest BCUT2D eigenvalue weighted by Crippen LogP contribution is 2.19. The first-order chi connectivity index (χ1) is 9.70. The summed E-state index contributed by atoms with van der Waals surface area (Å²) in [6.07, 6.45) is 0. The average Bonchev–Trinajstić information content (AvgIpc) is 2.48. The monoisotopic (exact) mass is 288 g/mol. The first-order valence-electron chi connectivity index (χ1n) is 6.45. The van der Waals surface area contributed by atoms with E-state index in [2.05, 4.69) is 17.0 Å². The molecule has 20 heavy (non-hydrogen) atoms. The second-order valence-corrected chi connectivity index (χ2v) is 4.89. The van der Waals surface area contributed by atoms with Crippen LogP contribution in [-0.4, -0.2) is 18.3 Å². The molecule has 2 aromatic carbocycles. The Balaban J connectivity index is 2.24. The SMILES string of the molecule is NC(=O)c1cccc(N(CCCl)Cc2ccccc2)c1. The highest BCUT2D eigenvalue weighted by atomic mass is 35.5. The fourth-order valence-corrected chi connectivity index (χ4v) is 2.27. The van der Waals surface area contributed by atoms with Gasteiger partial charge in [0.2, 0.25) is 5.91 Å². The molecule has 2 rings (SSSR count). The summed E-state index contributed by atoms with van der Waals surface area (Å²) >= 11 is 5.88. The van der Waals surface area contributed by atoms with E-state index in [-0.39, 0.29) is 0 Å². The molecule has 104 valence electrons. The van der Waals surface area contributed by atoms with Gasteiger partial charge in [0, 0.05) is 30.2 Å². The summed E-state index contributed by atoms with van der Waals surface area (Å²) in [4.78, 5) is 13.4. The summed E-state index contributed by atoms with van der Waals surface area (Å²) in [5.74, 6) is 0.102. The van der Waals surface area contributed by atoms with E-state index >= 15 is 0 Å². The van der Waals surface area contributed by atoms with Crippen molar-refractivity contribution in [2.45, 2.75) is 6.54 Å². The Labute approximate surface area is 124 Å². The number of nitrogens with two attached hydrogens (primary N) is 1. The summed E-state index contributed by atoms with van der Waals surface area (Å²) in [6.45, 7) is 1.45. The van der Waals surface area contributed by atoms with Crippen molar-refractivity contribution in [1.82, 2.24) is 0 Å². The summed E-state index contributed by atoms with van der Waals surface area (Å²) < 4.78 is 0. The molecule has 0 aromatic heterocycles. The largest absolute Gasteiger partial charge is 0.366 e. The van der Waals surface area contributed by atoms with Gasteiger partial charge in [-0.1, -0.05) is 36.4 Å². The van der Waals surface area contributed by atoms with Gasteiger partial charge in [-0.05, 0) is 23.8 Å². The lowest BCUT2D eigenvalue weighted by atomic mass is 10.1. The molecule has 0 bridgehead atoms. The lowest BCUT2D eigenvalue weighted by Gasteiger charge is -2.24. The Bertz CT molecular complexity index is 572. The zero-order valence-electron chi connectivity index (χ0n) is 11.1. The number of rotatable bonds is 6. The first kappa shape index (κ1) is 14.4. The Morgan fingerprint density at radius 1 is 1.10 bits per heavy atom. The van der Waals surface area contributed by atoms with E-state index in [1.807, 2.05) is 30.3 Å². The van der Waals surface area contributed by atoms with Crippen molar-refractivity contribution in [3.63, 3.8) is 0 Å². The number of benzene rings is 2. The number of hydrogen-bond acceptors (Lipinski definition) is 2. The molecule has 0 fully saturated rings. The van der Waals surface area contributed by atoms with Crippen LogP contribution in [0.2, 0.25) is 0 Å². The van der Waals surface area contributed by atoms with E-state index in [1.54, 1.807) is 12.1 Å². The van der Waals surface area contributed by atoms with Crippen LogP contribution >= 0.6 is 11.6 Å². The van der Waals surface area contributed by atoms with Crippen molar-refractivity contribution >= 4 is 23.2 Å². The third kappa shape index (κ3) is 3.75. The molecular formula is C16H17ClN2O. The first-order valence-corrected chi connectivity index (χ1v) is 6.99. The number of nitrogens with zero attached hydrogens (tertiary/aromatic N) is 1. The molecule has 0 unspecified atom stereocenters. The molecule has 0 spiro atoms. The van der Waals surface area contributed by atoms with Crippen molar-refractivity contribution in [2.24, 2.45) is 5.73 Å². The zero-order valence-corrected chi connectivity index (χ0v) is 11.9. The third-order valence-corrected chi connectivity index (χ3v) is 3.24. The summed E-state index contributed by atoms with van der Waals surface area (Å²) in [6, 6.07) is 17.5. The van der Waals surface area contributed by atoms with Crippen LogP contribution < -0.4 is 10.6 Å². The second kappa shape index (κ2) is 6.96. The summed E-state index contributed by atoms with van der Waals surface area (Å²) in [7, 11) is 0. The third-order valence-electron chi connectivity index (χ3n) is 3.07. The molecule has 3 nitrogen and oxygen atoms in total. The van der Waals surface area contributed by atoms with Crippen molar-refractivity contribution in [2.75, 3.05) is 17.3 Å². The number of primary amides is 1. The van der Waals surface area contributed by atoms with Gasteiger partial charge in [0.1, 0.15) is 0 Å². The van der Waals surface area contributed by atoms with Gasteiger partial charge in [0.15, 0.2) is 0 Å². The quantitative estimate of drug-likeness (QED) is 0.831. The Kier molecular flexibility index (Phi) is 5.02. The Morgan fingerprint density at radius 2 is 1.85 bits per heavy atom. The molecule has 0 aliphatic rings. The van der Waals surface area contributed by atoms with Crippen molar-refractivity contribution in [1.29, 1.82) is 0 Å². The van der Waals surface area contributed by atoms with Gasteiger partial charge in [-0.2, -0.15) is 0 Å². The molecule has 1 amide bonds. The Hall–Kier alpha value is -2.00. The molecule has 0 radical (unpaired) electrons. The van der Waals surface area contributed by atoms with Crippen LogP contribution in [0, 0.1) is 0 Å². The normalized spacial score (nSPS) is 10.2. The van der Waals surface area contributed by atoms with Gasteiger partial charge in [-0.25, -0.2) is 0 Å². The fraction of sp³-hybridized carbons (Fsp3) is 0.188. The maximum absolute atomic E-state index is 11.3.